The number of aliphatic imine (C=N–C) groups is 1. The molecule has 0 unspecified atom stereocenters. The molecule has 9 heteroatoms. The number of hydrogen-bond acceptors (Lipinski definition) is 3. The Kier molecular flexibility index (Phi) is 10.1. The van der Waals surface area contributed by atoms with Gasteiger partial charge in [0.25, 0.3) is 0 Å². The van der Waals surface area contributed by atoms with Crippen LogP contribution in [0.4, 0.5) is 0 Å². The van der Waals surface area contributed by atoms with Gasteiger partial charge in [-0.3, -0.25) is 0 Å². The number of sulfonamides is 1. The Hall–Kier alpha value is -1.36. The zero-order valence-corrected chi connectivity index (χ0v) is 19.1. The van der Waals surface area contributed by atoms with Gasteiger partial charge in [-0.1, -0.05) is 48.0 Å². The lowest BCUT2D eigenvalue weighted by atomic mass is 10.2. The molecule has 0 fully saturated rings. The van der Waals surface area contributed by atoms with Crippen molar-refractivity contribution >= 4 is 51.6 Å². The normalized spacial score (nSPS) is 11.6. The predicted molar refractivity (Wildman–Crippen MR) is 121 cm³/mol. The summed E-state index contributed by atoms with van der Waals surface area (Å²) >= 11 is 5.85. The SMILES string of the molecule is CN(C)C(=NCc1ccccc1)NCCNS(=O)(=O)c1cccc(Cl)c1.I. The summed E-state index contributed by atoms with van der Waals surface area (Å²) in [5.41, 5.74) is 1.11. The maximum atomic E-state index is 12.2. The highest BCUT2D eigenvalue weighted by molar-refractivity contribution is 14.0. The van der Waals surface area contributed by atoms with Crippen LogP contribution in [0.3, 0.4) is 0 Å². The van der Waals surface area contributed by atoms with Crippen LogP contribution in [0.1, 0.15) is 5.56 Å². The largest absolute Gasteiger partial charge is 0.355 e. The summed E-state index contributed by atoms with van der Waals surface area (Å²) in [4.78, 5) is 6.54. The third-order valence-corrected chi connectivity index (χ3v) is 5.18. The number of benzene rings is 2. The molecule has 0 aliphatic carbocycles. The Morgan fingerprint density at radius 2 is 1.78 bits per heavy atom. The molecule has 0 saturated heterocycles. The minimum Gasteiger partial charge on any atom is -0.355 e. The molecule has 2 aromatic carbocycles. The first-order valence-corrected chi connectivity index (χ1v) is 9.99. The van der Waals surface area contributed by atoms with Gasteiger partial charge in [0.15, 0.2) is 5.96 Å². The molecule has 2 N–H and O–H groups in total. The number of guanidine groups is 1. The summed E-state index contributed by atoms with van der Waals surface area (Å²) < 4.78 is 27.0. The fraction of sp³-hybridized carbons (Fsp3) is 0.278. The third kappa shape index (κ3) is 8.04. The highest BCUT2D eigenvalue weighted by Gasteiger charge is 2.13. The van der Waals surface area contributed by atoms with E-state index in [1.165, 1.54) is 12.1 Å². The van der Waals surface area contributed by atoms with Gasteiger partial charge in [0.1, 0.15) is 0 Å². The van der Waals surface area contributed by atoms with E-state index in [0.717, 1.165) is 5.56 Å². The summed E-state index contributed by atoms with van der Waals surface area (Å²) in [6, 6.07) is 16.1. The first kappa shape index (κ1) is 23.7. The molecule has 2 rings (SSSR count). The second-order valence-corrected chi connectivity index (χ2v) is 8.01. The molecule has 0 aromatic heterocycles. The summed E-state index contributed by atoms with van der Waals surface area (Å²) in [5, 5.41) is 3.53. The average molecular weight is 523 g/mol. The molecule has 0 saturated carbocycles. The van der Waals surface area contributed by atoms with Gasteiger partial charge in [-0.2, -0.15) is 0 Å². The van der Waals surface area contributed by atoms with Crippen LogP contribution in [0.25, 0.3) is 0 Å². The molecule has 0 aliphatic rings. The van der Waals surface area contributed by atoms with Crippen molar-refractivity contribution < 1.29 is 8.42 Å². The maximum absolute atomic E-state index is 12.2. The zero-order valence-electron chi connectivity index (χ0n) is 15.2. The van der Waals surface area contributed by atoms with Crippen LogP contribution in [0.2, 0.25) is 5.02 Å². The van der Waals surface area contributed by atoms with E-state index in [9.17, 15) is 8.42 Å². The van der Waals surface area contributed by atoms with Gasteiger partial charge in [-0.15, -0.1) is 24.0 Å². The van der Waals surface area contributed by atoms with Gasteiger partial charge < -0.3 is 10.2 Å². The van der Waals surface area contributed by atoms with Crippen LogP contribution in [0.5, 0.6) is 0 Å². The molecule has 0 bridgehead atoms. The van der Waals surface area contributed by atoms with Crippen molar-refractivity contribution in [2.75, 3.05) is 27.2 Å². The minimum absolute atomic E-state index is 0. The van der Waals surface area contributed by atoms with Crippen LogP contribution < -0.4 is 10.0 Å². The van der Waals surface area contributed by atoms with Crippen molar-refractivity contribution in [2.45, 2.75) is 11.4 Å². The van der Waals surface area contributed by atoms with E-state index in [-0.39, 0.29) is 35.4 Å². The van der Waals surface area contributed by atoms with Crippen LogP contribution >= 0.6 is 35.6 Å². The van der Waals surface area contributed by atoms with E-state index in [4.69, 9.17) is 11.6 Å². The fourth-order valence-electron chi connectivity index (χ4n) is 2.18. The van der Waals surface area contributed by atoms with Gasteiger partial charge in [0, 0.05) is 32.2 Å². The lowest BCUT2D eigenvalue weighted by Crippen LogP contribution is -2.41. The molecule has 0 amide bonds. The fourth-order valence-corrected chi connectivity index (χ4v) is 3.51. The Labute approximate surface area is 183 Å². The molecular formula is C18H24ClIN4O2S. The van der Waals surface area contributed by atoms with Crippen LogP contribution in [-0.2, 0) is 16.6 Å². The van der Waals surface area contributed by atoms with Crippen molar-refractivity contribution in [2.24, 2.45) is 4.99 Å². The molecule has 27 heavy (non-hydrogen) atoms. The first-order chi connectivity index (χ1) is 12.4. The van der Waals surface area contributed by atoms with Gasteiger partial charge in [0.05, 0.1) is 11.4 Å². The molecule has 6 nitrogen and oxygen atoms in total. The van der Waals surface area contributed by atoms with Gasteiger partial charge in [-0.25, -0.2) is 18.1 Å². The lowest BCUT2D eigenvalue weighted by Gasteiger charge is -2.18. The van der Waals surface area contributed by atoms with E-state index in [1.54, 1.807) is 12.1 Å². The molecule has 0 radical (unpaired) electrons. The number of rotatable bonds is 7. The quantitative estimate of drug-likeness (QED) is 0.254. The minimum atomic E-state index is -3.58. The van der Waals surface area contributed by atoms with Crippen LogP contribution in [0.15, 0.2) is 64.5 Å². The number of nitrogens with zero attached hydrogens (tertiary/aromatic N) is 2. The molecule has 0 heterocycles. The zero-order chi connectivity index (χ0) is 19.0. The molecule has 2 aromatic rings. The number of nitrogens with one attached hydrogen (secondary N) is 2. The van der Waals surface area contributed by atoms with E-state index >= 15 is 0 Å². The van der Waals surface area contributed by atoms with Crippen LogP contribution in [0, 0.1) is 0 Å². The molecule has 0 atom stereocenters. The summed E-state index contributed by atoms with van der Waals surface area (Å²) in [6.07, 6.45) is 0. The highest BCUT2D eigenvalue weighted by atomic mass is 127. The topological polar surface area (TPSA) is 73.8 Å². The Balaban J connectivity index is 0.00000364. The standard InChI is InChI=1S/C18H23ClN4O2S.HI/c1-23(2)18(21-14-15-7-4-3-5-8-15)20-11-12-22-26(24,25)17-10-6-9-16(19)13-17;/h3-10,13,22H,11-12,14H2,1-2H3,(H,20,21);1H. The van der Waals surface area contributed by atoms with Gasteiger partial charge >= 0.3 is 0 Å². The molecule has 148 valence electrons. The van der Waals surface area contributed by atoms with E-state index in [0.29, 0.717) is 24.1 Å². The van der Waals surface area contributed by atoms with Crippen molar-refractivity contribution in [3.63, 3.8) is 0 Å². The summed E-state index contributed by atoms with van der Waals surface area (Å²) in [7, 11) is 0.180. The lowest BCUT2D eigenvalue weighted by molar-refractivity contribution is 0.567. The van der Waals surface area contributed by atoms with Crippen LogP contribution in [-0.4, -0.2) is 46.5 Å². The predicted octanol–water partition coefficient (Wildman–Crippen LogP) is 2.94. The number of hydrogen-bond donors (Lipinski definition) is 2. The summed E-state index contributed by atoms with van der Waals surface area (Å²) in [6.45, 7) is 1.19. The maximum Gasteiger partial charge on any atom is 0.240 e. The van der Waals surface area contributed by atoms with Crippen molar-refractivity contribution in [3.8, 4) is 0 Å². The average Bonchev–Trinajstić information content (AvgIpc) is 2.61. The van der Waals surface area contributed by atoms with Gasteiger partial charge in [0.2, 0.25) is 10.0 Å². The van der Waals surface area contributed by atoms with Crippen molar-refractivity contribution in [1.29, 1.82) is 0 Å². The molecule has 0 aliphatic heterocycles. The molecular weight excluding hydrogens is 499 g/mol. The number of halogens is 2. The monoisotopic (exact) mass is 522 g/mol. The molecule has 0 spiro atoms. The third-order valence-electron chi connectivity index (χ3n) is 3.48. The van der Waals surface area contributed by atoms with E-state index in [1.807, 2.05) is 49.3 Å². The van der Waals surface area contributed by atoms with E-state index in [2.05, 4.69) is 15.0 Å². The Morgan fingerprint density at radius 3 is 2.41 bits per heavy atom. The smallest absolute Gasteiger partial charge is 0.240 e. The summed E-state index contributed by atoms with van der Waals surface area (Å²) in [5.74, 6) is 0.691. The second-order valence-electron chi connectivity index (χ2n) is 5.80. The highest BCUT2D eigenvalue weighted by Crippen LogP contribution is 2.14. The Bertz CT molecular complexity index is 845. The van der Waals surface area contributed by atoms with Crippen molar-refractivity contribution in [3.05, 3.63) is 65.2 Å². The second kappa shape index (κ2) is 11.5. The first-order valence-electron chi connectivity index (χ1n) is 8.13. The van der Waals surface area contributed by atoms with E-state index < -0.39 is 10.0 Å². The Morgan fingerprint density at radius 1 is 1.07 bits per heavy atom. The van der Waals surface area contributed by atoms with Gasteiger partial charge in [-0.05, 0) is 23.8 Å². The van der Waals surface area contributed by atoms with Crippen molar-refractivity contribution in [1.82, 2.24) is 14.9 Å².